The van der Waals surface area contributed by atoms with Crippen molar-refractivity contribution in [2.45, 2.75) is 16.3 Å². The van der Waals surface area contributed by atoms with Crippen molar-refractivity contribution in [1.29, 1.82) is 0 Å². The van der Waals surface area contributed by atoms with Crippen molar-refractivity contribution in [3.05, 3.63) is 88.7 Å². The largest absolute Gasteiger partial charge is 0.375 e. The van der Waals surface area contributed by atoms with Crippen LogP contribution >= 0.6 is 0 Å². The van der Waals surface area contributed by atoms with E-state index in [-0.39, 0.29) is 40.2 Å². The number of nitro benzene ring substituents is 1. The summed E-state index contributed by atoms with van der Waals surface area (Å²) < 4.78 is 26.0. The molecule has 0 saturated heterocycles. The average Bonchev–Trinajstić information content (AvgIpc) is 2.77. The van der Waals surface area contributed by atoms with Crippen LogP contribution in [0, 0.1) is 10.1 Å². The summed E-state index contributed by atoms with van der Waals surface area (Å²) in [6.07, 6.45) is 3.24. The van der Waals surface area contributed by atoms with E-state index in [1.165, 1.54) is 24.3 Å². The number of rotatable bonds is 8. The Bertz CT molecular complexity index is 1150. The molecule has 0 spiro atoms. The summed E-state index contributed by atoms with van der Waals surface area (Å²) >= 11 is 0. The number of benzene rings is 2. The lowest BCUT2D eigenvalue weighted by molar-refractivity contribution is -0.385. The van der Waals surface area contributed by atoms with Crippen LogP contribution in [0.2, 0.25) is 0 Å². The Morgan fingerprint density at radius 2 is 1.83 bits per heavy atom. The second kappa shape index (κ2) is 9.14. The van der Waals surface area contributed by atoms with Crippen LogP contribution in [0.15, 0.2) is 82.8 Å². The van der Waals surface area contributed by atoms with Gasteiger partial charge in [-0.05, 0) is 29.8 Å². The monoisotopic (exact) mass is 426 g/mol. The van der Waals surface area contributed by atoms with Gasteiger partial charge in [0.2, 0.25) is 15.7 Å². The molecule has 2 N–H and O–H groups in total. The Morgan fingerprint density at radius 1 is 1.07 bits per heavy atom. The third kappa shape index (κ3) is 4.97. The van der Waals surface area contributed by atoms with Crippen molar-refractivity contribution >= 4 is 27.1 Å². The first kappa shape index (κ1) is 20.9. The molecule has 0 radical (unpaired) electrons. The fourth-order valence-electron chi connectivity index (χ4n) is 2.66. The van der Waals surface area contributed by atoms with Gasteiger partial charge >= 0.3 is 0 Å². The first-order chi connectivity index (χ1) is 14.4. The van der Waals surface area contributed by atoms with E-state index >= 15 is 0 Å². The Hall–Kier alpha value is -3.79. The number of anilines is 1. The van der Waals surface area contributed by atoms with Crippen LogP contribution in [0.1, 0.15) is 5.56 Å². The van der Waals surface area contributed by atoms with E-state index < -0.39 is 14.8 Å². The van der Waals surface area contributed by atoms with Gasteiger partial charge in [-0.25, -0.2) is 8.42 Å². The Kier molecular flexibility index (Phi) is 6.38. The van der Waals surface area contributed by atoms with Crippen molar-refractivity contribution in [3.63, 3.8) is 0 Å². The van der Waals surface area contributed by atoms with Crippen molar-refractivity contribution in [3.8, 4) is 0 Å². The van der Waals surface area contributed by atoms with Gasteiger partial charge in [-0.3, -0.25) is 19.9 Å². The molecule has 30 heavy (non-hydrogen) atoms. The SMILES string of the molecule is O=C(CNc1ccc([N+](=O)[O-])cc1S(=O)(=O)c1ccccc1)NCc1cccnc1. The lowest BCUT2D eigenvalue weighted by atomic mass is 10.2. The van der Waals surface area contributed by atoms with E-state index in [1.807, 2.05) is 6.07 Å². The van der Waals surface area contributed by atoms with Crippen LogP contribution in [0.5, 0.6) is 0 Å². The number of nitro groups is 1. The van der Waals surface area contributed by atoms with Crippen molar-refractivity contribution < 1.29 is 18.1 Å². The molecule has 1 amide bonds. The summed E-state index contributed by atoms with van der Waals surface area (Å²) in [6, 6.07) is 14.6. The quantitative estimate of drug-likeness (QED) is 0.418. The molecule has 9 nitrogen and oxygen atoms in total. The van der Waals surface area contributed by atoms with Crippen LogP contribution in [0.4, 0.5) is 11.4 Å². The maximum absolute atomic E-state index is 13.0. The molecule has 0 atom stereocenters. The highest BCUT2D eigenvalue weighted by atomic mass is 32.2. The number of hydrogen-bond donors (Lipinski definition) is 2. The molecule has 0 unspecified atom stereocenters. The topological polar surface area (TPSA) is 131 Å². The number of carbonyl (C=O) groups is 1. The van der Waals surface area contributed by atoms with Crippen LogP contribution in [0.3, 0.4) is 0 Å². The predicted molar refractivity (Wildman–Crippen MR) is 110 cm³/mol. The zero-order chi connectivity index (χ0) is 21.6. The van der Waals surface area contributed by atoms with Gasteiger partial charge in [0.25, 0.3) is 5.69 Å². The first-order valence-electron chi connectivity index (χ1n) is 8.86. The molecule has 0 aliphatic carbocycles. The van der Waals surface area contributed by atoms with Crippen LogP contribution < -0.4 is 10.6 Å². The minimum atomic E-state index is -4.04. The van der Waals surface area contributed by atoms with Crippen molar-refractivity contribution in [1.82, 2.24) is 10.3 Å². The van der Waals surface area contributed by atoms with Crippen LogP contribution in [0.25, 0.3) is 0 Å². The second-order valence-corrected chi connectivity index (χ2v) is 8.16. The minimum absolute atomic E-state index is 0.00502. The summed E-state index contributed by atoms with van der Waals surface area (Å²) in [7, 11) is -4.04. The van der Waals surface area contributed by atoms with E-state index in [0.29, 0.717) is 0 Å². The van der Waals surface area contributed by atoms with Gasteiger partial charge < -0.3 is 10.6 Å². The third-order valence-corrected chi connectivity index (χ3v) is 5.98. The highest BCUT2D eigenvalue weighted by Crippen LogP contribution is 2.31. The molecule has 0 aliphatic heterocycles. The maximum atomic E-state index is 13.0. The second-order valence-electron chi connectivity index (χ2n) is 6.25. The van der Waals surface area contributed by atoms with E-state index in [4.69, 9.17) is 0 Å². The molecule has 0 bridgehead atoms. The average molecular weight is 426 g/mol. The molecule has 2 aromatic carbocycles. The number of amides is 1. The molecule has 0 fully saturated rings. The molecule has 3 aromatic rings. The van der Waals surface area contributed by atoms with Gasteiger partial charge in [0.1, 0.15) is 4.90 Å². The van der Waals surface area contributed by atoms with Crippen molar-refractivity contribution in [2.75, 3.05) is 11.9 Å². The fourth-order valence-corrected chi connectivity index (χ4v) is 4.14. The molecule has 10 heteroatoms. The number of aromatic nitrogens is 1. The lowest BCUT2D eigenvalue weighted by Gasteiger charge is -2.13. The molecule has 1 heterocycles. The number of pyridine rings is 1. The minimum Gasteiger partial charge on any atom is -0.375 e. The van der Waals surface area contributed by atoms with Crippen LogP contribution in [-0.4, -0.2) is 30.8 Å². The predicted octanol–water partition coefficient (Wildman–Crippen LogP) is 2.55. The van der Waals surface area contributed by atoms with E-state index in [9.17, 15) is 23.3 Å². The first-order valence-corrected chi connectivity index (χ1v) is 10.3. The van der Waals surface area contributed by atoms with Crippen molar-refractivity contribution in [2.24, 2.45) is 0 Å². The van der Waals surface area contributed by atoms with Gasteiger partial charge in [0.05, 0.1) is 22.1 Å². The van der Waals surface area contributed by atoms with Gasteiger partial charge in [-0.2, -0.15) is 0 Å². The zero-order valence-corrected chi connectivity index (χ0v) is 16.5. The molecule has 154 valence electrons. The number of hydrogen-bond acceptors (Lipinski definition) is 7. The van der Waals surface area contributed by atoms with Gasteiger partial charge in [0, 0.05) is 31.1 Å². The number of sulfone groups is 1. The molecule has 0 aliphatic rings. The molecule has 1 aromatic heterocycles. The summed E-state index contributed by atoms with van der Waals surface area (Å²) in [5.41, 5.74) is 0.547. The fraction of sp³-hybridized carbons (Fsp3) is 0.100. The van der Waals surface area contributed by atoms with Gasteiger partial charge in [0.15, 0.2) is 0 Å². The molecule has 0 saturated carbocycles. The van der Waals surface area contributed by atoms with Gasteiger partial charge in [-0.15, -0.1) is 0 Å². The normalized spacial score (nSPS) is 10.9. The highest BCUT2D eigenvalue weighted by Gasteiger charge is 2.24. The standard InChI is InChI=1S/C20H18N4O5S/c25-20(23-13-15-5-4-10-21-12-15)14-22-18-9-8-16(24(26)27)11-19(18)30(28,29)17-6-2-1-3-7-17/h1-12,22H,13-14H2,(H,23,25). The van der Waals surface area contributed by atoms with E-state index in [0.717, 1.165) is 11.6 Å². The summed E-state index contributed by atoms with van der Waals surface area (Å²) in [6.45, 7) is 0.0547. The zero-order valence-electron chi connectivity index (χ0n) is 15.7. The molecular weight excluding hydrogens is 408 g/mol. The molecule has 3 rings (SSSR count). The van der Waals surface area contributed by atoms with Crippen LogP contribution in [-0.2, 0) is 21.2 Å². The highest BCUT2D eigenvalue weighted by molar-refractivity contribution is 7.91. The number of nitrogens with one attached hydrogen (secondary N) is 2. The Balaban J connectivity index is 1.80. The molecular formula is C20H18N4O5S. The summed E-state index contributed by atoms with van der Waals surface area (Å²) in [5, 5.41) is 16.6. The van der Waals surface area contributed by atoms with E-state index in [1.54, 1.807) is 36.7 Å². The Labute approximate surface area is 172 Å². The number of carbonyl (C=O) groups excluding carboxylic acids is 1. The summed E-state index contributed by atoms with van der Waals surface area (Å²) in [5.74, 6) is -0.375. The number of nitrogens with zero attached hydrogens (tertiary/aromatic N) is 2. The number of non-ortho nitro benzene ring substituents is 1. The smallest absolute Gasteiger partial charge is 0.270 e. The third-order valence-electron chi connectivity index (χ3n) is 4.17. The Morgan fingerprint density at radius 3 is 2.50 bits per heavy atom. The van der Waals surface area contributed by atoms with E-state index in [2.05, 4.69) is 15.6 Å². The summed E-state index contributed by atoms with van der Waals surface area (Å²) in [4.78, 5) is 26.3. The lowest BCUT2D eigenvalue weighted by Crippen LogP contribution is -2.29. The maximum Gasteiger partial charge on any atom is 0.270 e. The van der Waals surface area contributed by atoms with Gasteiger partial charge in [-0.1, -0.05) is 24.3 Å².